The molecule has 0 spiro atoms. The minimum absolute atomic E-state index is 0.0299. The number of ether oxygens (including phenoxy) is 1. The summed E-state index contributed by atoms with van der Waals surface area (Å²) in [6.45, 7) is 0. The van der Waals surface area contributed by atoms with Crippen LogP contribution in [0.3, 0.4) is 0 Å². The smallest absolute Gasteiger partial charge is 0.478 e. The number of nitrogen functional groups attached to an aromatic ring is 1. The van der Waals surface area contributed by atoms with Gasteiger partial charge in [0.25, 0.3) is 10.0 Å². The van der Waals surface area contributed by atoms with Crippen LogP contribution in [0.1, 0.15) is 15.9 Å². The highest BCUT2D eigenvalue weighted by molar-refractivity contribution is 7.92. The number of fused-ring (bicyclic) bond motifs is 1. The zero-order valence-electron chi connectivity index (χ0n) is 23.6. The quantitative estimate of drug-likeness (QED) is 0.107. The number of carboxylic acid groups (broad SMARTS) is 2. The molecule has 0 aliphatic carbocycles. The number of rotatable bonds is 8. The number of hydrogen-bond acceptors (Lipinski definition) is 7. The number of aromatic nitrogens is 2. The van der Waals surface area contributed by atoms with Crippen molar-refractivity contribution in [3.05, 3.63) is 103 Å². The maximum atomic E-state index is 12.9. The molecular weight excluding hydrogens is 631 g/mol. The highest BCUT2D eigenvalue weighted by atomic mass is 32.2. The number of amidine groups is 1. The van der Waals surface area contributed by atoms with E-state index in [0.717, 1.165) is 10.8 Å². The number of nitrogens with two attached hydrogens (primary N) is 1. The molecule has 1 heterocycles. The molecule has 5 rings (SSSR count). The van der Waals surface area contributed by atoms with Crippen LogP contribution in [0.15, 0.2) is 96.4 Å². The van der Waals surface area contributed by atoms with Gasteiger partial charge in [0.15, 0.2) is 5.03 Å². The molecule has 0 unspecified atom stereocenters. The molecule has 6 N–H and O–H groups in total. The number of aliphatic carboxylic acids is 1. The minimum Gasteiger partial charge on any atom is -0.478 e. The lowest BCUT2D eigenvalue weighted by atomic mass is 9.98. The lowest BCUT2D eigenvalue weighted by Gasteiger charge is -2.16. The maximum Gasteiger partial charge on any atom is 0.490 e. The number of aromatic carboxylic acids is 1. The summed E-state index contributed by atoms with van der Waals surface area (Å²) in [5, 5.41) is 26.1. The summed E-state index contributed by atoms with van der Waals surface area (Å²) in [4.78, 5) is 24.8. The van der Waals surface area contributed by atoms with Crippen molar-refractivity contribution >= 4 is 44.3 Å². The molecule has 1 aromatic heterocycles. The van der Waals surface area contributed by atoms with Crippen molar-refractivity contribution in [1.82, 2.24) is 9.55 Å². The second-order valence-corrected chi connectivity index (χ2v) is 11.2. The van der Waals surface area contributed by atoms with Gasteiger partial charge in [-0.25, -0.2) is 14.6 Å². The van der Waals surface area contributed by atoms with Crippen molar-refractivity contribution in [3.8, 4) is 22.6 Å². The first-order valence-corrected chi connectivity index (χ1v) is 14.4. The molecular formula is C30H24F3N5O7S. The van der Waals surface area contributed by atoms with Gasteiger partial charge >= 0.3 is 18.1 Å². The van der Waals surface area contributed by atoms with E-state index >= 15 is 0 Å². The maximum absolute atomic E-state index is 12.9. The molecule has 46 heavy (non-hydrogen) atoms. The Balaban J connectivity index is 0.000000617. The van der Waals surface area contributed by atoms with E-state index in [1.54, 1.807) is 49.5 Å². The van der Waals surface area contributed by atoms with Crippen molar-refractivity contribution in [1.29, 1.82) is 5.41 Å². The van der Waals surface area contributed by atoms with Crippen LogP contribution in [0.2, 0.25) is 0 Å². The molecule has 4 aromatic carbocycles. The normalized spacial score (nSPS) is 11.3. The van der Waals surface area contributed by atoms with Gasteiger partial charge in [0.05, 0.1) is 11.9 Å². The van der Waals surface area contributed by atoms with Crippen LogP contribution in [0, 0.1) is 5.41 Å². The highest BCUT2D eigenvalue weighted by Crippen LogP contribution is 2.38. The molecule has 12 nitrogen and oxygen atoms in total. The van der Waals surface area contributed by atoms with Crippen molar-refractivity contribution in [2.24, 2.45) is 12.8 Å². The van der Waals surface area contributed by atoms with Gasteiger partial charge in [-0.15, -0.1) is 0 Å². The summed E-state index contributed by atoms with van der Waals surface area (Å²) in [5.41, 5.74) is 7.17. The fraction of sp³-hybridized carbons (Fsp3) is 0.0667. The van der Waals surface area contributed by atoms with Crippen LogP contribution in [0.5, 0.6) is 11.5 Å². The molecule has 0 saturated carbocycles. The van der Waals surface area contributed by atoms with E-state index in [2.05, 4.69) is 9.71 Å². The standard InChI is InChI=1S/C28H23N5O5S.C2HF3O2/c1-33-15-26(31-16-33)39(36,37)32-20-9-11-25(24(14-20)22-4-2-3-5-23(22)28(34)35)38-21-10-8-17-12-19(27(29)30)7-6-18(17)13-21;3-2(4,5)1(6)7/h2-16,32H,1H3,(H3,29,30)(H,34,35);(H,6,7). The summed E-state index contributed by atoms with van der Waals surface area (Å²) in [6.07, 6.45) is -2.33. The first kappa shape index (κ1) is 33.0. The van der Waals surface area contributed by atoms with E-state index in [-0.39, 0.29) is 22.1 Å². The number of nitrogens with one attached hydrogen (secondary N) is 2. The van der Waals surface area contributed by atoms with E-state index in [9.17, 15) is 31.5 Å². The SMILES string of the molecule is Cn1cnc(S(=O)(=O)Nc2ccc(Oc3ccc4cc(C(=N)N)ccc4c3)c(-c3ccccc3C(=O)O)c2)c1.O=C(O)C(F)(F)F. The molecule has 0 amide bonds. The zero-order valence-corrected chi connectivity index (χ0v) is 24.4. The van der Waals surface area contributed by atoms with Crippen molar-refractivity contribution in [2.75, 3.05) is 4.72 Å². The number of hydrogen-bond donors (Lipinski definition) is 5. The van der Waals surface area contributed by atoms with Crippen LogP contribution >= 0.6 is 0 Å². The largest absolute Gasteiger partial charge is 0.490 e. The van der Waals surface area contributed by atoms with Gasteiger partial charge in [-0.05, 0) is 58.8 Å². The second kappa shape index (κ2) is 13.0. The van der Waals surface area contributed by atoms with Gasteiger partial charge in [0, 0.05) is 30.1 Å². The summed E-state index contributed by atoms with van der Waals surface area (Å²) in [7, 11) is -2.33. The first-order valence-electron chi connectivity index (χ1n) is 12.9. The van der Waals surface area contributed by atoms with E-state index in [1.807, 2.05) is 18.2 Å². The Bertz CT molecular complexity index is 2080. The zero-order chi connectivity index (χ0) is 33.8. The molecule has 0 saturated heterocycles. The third-order valence-electron chi connectivity index (χ3n) is 6.23. The van der Waals surface area contributed by atoms with E-state index in [0.29, 0.717) is 28.2 Å². The number of carboxylic acids is 2. The third-order valence-corrected chi connectivity index (χ3v) is 7.49. The lowest BCUT2D eigenvalue weighted by molar-refractivity contribution is -0.192. The van der Waals surface area contributed by atoms with Crippen LogP contribution in [0.25, 0.3) is 21.9 Å². The lowest BCUT2D eigenvalue weighted by Crippen LogP contribution is -2.21. The number of nitrogens with zero attached hydrogens (tertiary/aromatic N) is 2. The predicted molar refractivity (Wildman–Crippen MR) is 162 cm³/mol. The molecule has 0 fully saturated rings. The first-order chi connectivity index (χ1) is 21.5. The number of imidazole rings is 1. The molecule has 16 heteroatoms. The fourth-order valence-corrected chi connectivity index (χ4v) is 5.15. The monoisotopic (exact) mass is 655 g/mol. The van der Waals surface area contributed by atoms with E-state index in [1.165, 1.54) is 35.3 Å². The Hall–Kier alpha value is -5.90. The van der Waals surface area contributed by atoms with Gasteiger partial charge in [0.2, 0.25) is 0 Å². The number of alkyl halides is 3. The average Bonchev–Trinajstić information content (AvgIpc) is 3.44. The summed E-state index contributed by atoms with van der Waals surface area (Å²) >= 11 is 0. The summed E-state index contributed by atoms with van der Waals surface area (Å²) in [5.74, 6) is -3.12. The predicted octanol–water partition coefficient (Wildman–Crippen LogP) is 5.45. The van der Waals surface area contributed by atoms with Gasteiger partial charge < -0.3 is 25.3 Å². The van der Waals surface area contributed by atoms with Crippen LogP contribution < -0.4 is 15.2 Å². The molecule has 238 valence electrons. The van der Waals surface area contributed by atoms with E-state index < -0.39 is 28.1 Å². The van der Waals surface area contributed by atoms with Crippen LogP contribution in [-0.2, 0) is 21.9 Å². The van der Waals surface area contributed by atoms with Crippen molar-refractivity contribution in [2.45, 2.75) is 11.2 Å². The Morgan fingerprint density at radius 3 is 2.22 bits per heavy atom. The van der Waals surface area contributed by atoms with Crippen LogP contribution in [0.4, 0.5) is 18.9 Å². The van der Waals surface area contributed by atoms with Crippen molar-refractivity contribution < 1.29 is 46.1 Å². The molecule has 0 aliphatic rings. The number of anilines is 1. The summed E-state index contributed by atoms with van der Waals surface area (Å²) < 4.78 is 67.7. The Morgan fingerprint density at radius 2 is 1.61 bits per heavy atom. The topological polar surface area (TPSA) is 198 Å². The molecule has 5 aromatic rings. The number of halogens is 3. The highest BCUT2D eigenvalue weighted by Gasteiger charge is 2.38. The average molecular weight is 656 g/mol. The molecule has 0 atom stereocenters. The van der Waals surface area contributed by atoms with Gasteiger partial charge in [-0.1, -0.05) is 36.4 Å². The Labute approximate surface area is 259 Å². The Kier molecular flexibility index (Phi) is 9.32. The van der Waals surface area contributed by atoms with E-state index in [4.69, 9.17) is 25.8 Å². The molecule has 0 bridgehead atoms. The second-order valence-electron chi connectivity index (χ2n) is 9.59. The summed E-state index contributed by atoms with van der Waals surface area (Å²) in [6, 6.07) is 21.8. The molecule has 0 radical (unpaired) electrons. The number of sulfonamides is 1. The minimum atomic E-state index is -5.08. The van der Waals surface area contributed by atoms with Gasteiger partial charge in [0.1, 0.15) is 17.3 Å². The Morgan fingerprint density at radius 1 is 0.957 bits per heavy atom. The van der Waals surface area contributed by atoms with Crippen molar-refractivity contribution in [3.63, 3.8) is 0 Å². The number of carbonyl (C=O) groups is 2. The third kappa shape index (κ3) is 7.78. The molecule has 0 aliphatic heterocycles. The van der Waals surface area contributed by atoms with Gasteiger partial charge in [-0.2, -0.15) is 21.6 Å². The number of benzene rings is 4. The fourth-order valence-electron chi connectivity index (χ4n) is 4.11. The van der Waals surface area contributed by atoms with Crippen LogP contribution in [-0.4, -0.2) is 52.1 Å². The van der Waals surface area contributed by atoms with Gasteiger partial charge in [-0.3, -0.25) is 10.1 Å². The number of aryl methyl sites for hydroxylation is 1.